The minimum absolute atomic E-state index is 0.131. The van der Waals surface area contributed by atoms with E-state index >= 15 is 0 Å². The van der Waals surface area contributed by atoms with Crippen LogP contribution in [0.3, 0.4) is 0 Å². The second-order valence-electron chi connectivity index (χ2n) is 9.41. The molecule has 33 heavy (non-hydrogen) atoms. The average molecular weight is 476 g/mol. The van der Waals surface area contributed by atoms with E-state index in [1.165, 1.54) is 102 Å². The number of unbranched alkanes of at least 4 members (excludes halogenated alkanes) is 14. The van der Waals surface area contributed by atoms with Crippen molar-refractivity contribution in [2.75, 3.05) is 0 Å². The van der Waals surface area contributed by atoms with Gasteiger partial charge in [-0.05, 0) is 31.0 Å². The van der Waals surface area contributed by atoms with E-state index < -0.39 is 10.1 Å². The van der Waals surface area contributed by atoms with Crippen LogP contribution in [0.5, 0.6) is 0 Å². The van der Waals surface area contributed by atoms with Crippen molar-refractivity contribution in [3.63, 3.8) is 0 Å². The maximum atomic E-state index is 11.3. The van der Waals surface area contributed by atoms with Crippen LogP contribution in [0.1, 0.15) is 109 Å². The molecule has 0 unspecified atom stereocenters. The third-order valence-electron chi connectivity index (χ3n) is 6.56. The first-order valence-corrected chi connectivity index (χ1v) is 14.4. The molecule has 0 aliphatic carbocycles. The Balaban J connectivity index is 1.26. The maximum absolute atomic E-state index is 11.3. The van der Waals surface area contributed by atoms with E-state index in [1.54, 1.807) is 6.07 Å². The molecule has 6 nitrogen and oxygen atoms in total. The summed E-state index contributed by atoms with van der Waals surface area (Å²) in [6.45, 7) is 2.28. The number of hydrogen-bond acceptors (Lipinski definition) is 3. The quantitative estimate of drug-likeness (QED) is 0.156. The van der Waals surface area contributed by atoms with Crippen molar-refractivity contribution < 1.29 is 13.0 Å². The molecule has 7 heteroatoms. The Kier molecular flexibility index (Phi) is 10.3. The summed E-state index contributed by atoms with van der Waals surface area (Å²) in [6.07, 6.45) is 21.5. The van der Waals surface area contributed by atoms with Gasteiger partial charge in [0.15, 0.2) is 5.65 Å². The number of aromatic nitrogens is 3. The number of benzene rings is 1. The molecule has 0 fully saturated rings. The minimum atomic E-state index is -4.22. The van der Waals surface area contributed by atoms with Crippen molar-refractivity contribution in [1.29, 1.82) is 0 Å². The minimum Gasteiger partial charge on any atom is -0.296 e. The highest BCUT2D eigenvalue weighted by molar-refractivity contribution is 7.85. The van der Waals surface area contributed by atoms with Crippen LogP contribution >= 0.6 is 0 Å². The molecule has 3 aromatic rings. The Bertz CT molecular complexity index is 1090. The van der Waals surface area contributed by atoms with Gasteiger partial charge in [-0.25, -0.2) is 9.50 Å². The van der Waals surface area contributed by atoms with Crippen LogP contribution in [0.15, 0.2) is 29.2 Å². The summed E-state index contributed by atoms with van der Waals surface area (Å²) in [5.41, 5.74) is 3.27. The van der Waals surface area contributed by atoms with Gasteiger partial charge in [-0.2, -0.15) is 8.42 Å². The van der Waals surface area contributed by atoms with Crippen LogP contribution in [0.25, 0.3) is 16.7 Å². The Morgan fingerprint density at radius 1 is 0.818 bits per heavy atom. The number of nitrogens with one attached hydrogen (secondary N) is 1. The molecule has 0 saturated heterocycles. The first-order valence-electron chi connectivity index (χ1n) is 13.0. The van der Waals surface area contributed by atoms with Gasteiger partial charge in [0.05, 0.1) is 15.9 Å². The summed E-state index contributed by atoms with van der Waals surface area (Å²) in [5.74, 6) is 0. The number of nitrogens with zero attached hydrogens (tertiary/aromatic N) is 2. The molecule has 0 bridgehead atoms. The normalized spacial score (nSPS) is 12.3. The zero-order valence-corrected chi connectivity index (χ0v) is 21.0. The predicted octanol–water partition coefficient (Wildman–Crippen LogP) is 7.48. The van der Waals surface area contributed by atoms with E-state index in [2.05, 4.69) is 17.0 Å². The molecule has 0 amide bonds. The van der Waals surface area contributed by atoms with Crippen LogP contribution in [-0.4, -0.2) is 27.6 Å². The fraction of sp³-hybridized carbons (Fsp3) is 0.654. The number of aromatic amines is 1. The van der Waals surface area contributed by atoms with E-state index in [0.29, 0.717) is 5.52 Å². The van der Waals surface area contributed by atoms with Gasteiger partial charge in [0.2, 0.25) is 0 Å². The SMILES string of the molecule is CCCCCCCCCCCCCCCCCc1cc2nc3cc(S(=O)(=O)O)ccc3n2[nH]1. The molecule has 3 rings (SSSR count). The lowest BCUT2D eigenvalue weighted by molar-refractivity contribution is 0.483. The van der Waals surface area contributed by atoms with Crippen LogP contribution in [0, 0.1) is 0 Å². The molecule has 0 atom stereocenters. The Hall–Kier alpha value is -1.86. The second-order valence-corrected chi connectivity index (χ2v) is 10.8. The van der Waals surface area contributed by atoms with Crippen LogP contribution < -0.4 is 0 Å². The molecule has 0 spiro atoms. The molecule has 0 aliphatic heterocycles. The number of rotatable bonds is 17. The van der Waals surface area contributed by atoms with Crippen molar-refractivity contribution >= 4 is 26.8 Å². The molecule has 0 aliphatic rings. The lowest BCUT2D eigenvalue weighted by Crippen LogP contribution is -1.97. The molecule has 2 aromatic heterocycles. The predicted molar refractivity (Wildman–Crippen MR) is 135 cm³/mol. The largest absolute Gasteiger partial charge is 0.296 e. The average Bonchev–Trinajstić information content (AvgIpc) is 3.32. The number of hydrogen-bond donors (Lipinski definition) is 2. The lowest BCUT2D eigenvalue weighted by Gasteiger charge is -2.03. The third-order valence-corrected chi connectivity index (χ3v) is 7.41. The zero-order valence-electron chi connectivity index (χ0n) is 20.2. The summed E-state index contributed by atoms with van der Waals surface area (Å²) in [7, 11) is -4.22. The summed E-state index contributed by atoms with van der Waals surface area (Å²) >= 11 is 0. The van der Waals surface area contributed by atoms with Crippen molar-refractivity contribution in [1.82, 2.24) is 14.6 Å². The standard InChI is InChI=1S/C26H41N3O3S/c1-2-3-4-5-6-7-8-9-10-11-12-13-14-15-16-17-22-20-26-27-24-21-23(33(30,31)32)18-19-25(24)29(26)28-22/h18-21,28H,2-17H2,1H3,(H,30,31,32). The highest BCUT2D eigenvalue weighted by Crippen LogP contribution is 2.22. The fourth-order valence-corrected chi connectivity index (χ4v) is 5.10. The van der Waals surface area contributed by atoms with Crippen molar-refractivity contribution in [3.05, 3.63) is 30.0 Å². The van der Waals surface area contributed by atoms with Gasteiger partial charge in [0, 0.05) is 11.8 Å². The lowest BCUT2D eigenvalue weighted by atomic mass is 10.0. The van der Waals surface area contributed by atoms with Crippen LogP contribution in [0.4, 0.5) is 0 Å². The summed E-state index contributed by atoms with van der Waals surface area (Å²) in [6, 6.07) is 6.50. The summed E-state index contributed by atoms with van der Waals surface area (Å²) in [4.78, 5) is 4.36. The molecule has 0 radical (unpaired) electrons. The number of aryl methyl sites for hydroxylation is 1. The molecule has 1 aromatic carbocycles. The third kappa shape index (κ3) is 8.14. The summed E-state index contributed by atoms with van der Waals surface area (Å²) < 4.78 is 33.7. The van der Waals surface area contributed by atoms with Gasteiger partial charge < -0.3 is 0 Å². The van der Waals surface area contributed by atoms with Gasteiger partial charge in [0.25, 0.3) is 10.1 Å². The first-order chi connectivity index (χ1) is 16.0. The number of imidazole rings is 1. The van der Waals surface area contributed by atoms with E-state index in [9.17, 15) is 13.0 Å². The Morgan fingerprint density at radius 2 is 1.36 bits per heavy atom. The number of fused-ring (bicyclic) bond motifs is 3. The van der Waals surface area contributed by atoms with Gasteiger partial charge in [-0.1, -0.05) is 96.8 Å². The van der Waals surface area contributed by atoms with E-state index in [4.69, 9.17) is 0 Å². The first kappa shape index (κ1) is 25.8. The molecular formula is C26H41N3O3S. The molecule has 2 heterocycles. The molecule has 184 valence electrons. The maximum Gasteiger partial charge on any atom is 0.294 e. The molecule has 2 N–H and O–H groups in total. The van der Waals surface area contributed by atoms with Gasteiger partial charge in [0.1, 0.15) is 0 Å². The number of H-pyrrole nitrogens is 1. The van der Waals surface area contributed by atoms with Crippen LogP contribution in [0.2, 0.25) is 0 Å². The smallest absolute Gasteiger partial charge is 0.294 e. The fourth-order valence-electron chi connectivity index (χ4n) is 4.60. The molecular weight excluding hydrogens is 434 g/mol. The van der Waals surface area contributed by atoms with E-state index in [1.807, 2.05) is 10.6 Å². The Labute approximate surface area is 198 Å². The topological polar surface area (TPSA) is 87.5 Å². The monoisotopic (exact) mass is 475 g/mol. The van der Waals surface area contributed by atoms with Crippen molar-refractivity contribution in [2.45, 2.75) is 115 Å². The summed E-state index contributed by atoms with van der Waals surface area (Å²) in [5, 5.41) is 3.37. The highest BCUT2D eigenvalue weighted by Gasteiger charge is 2.14. The Morgan fingerprint density at radius 3 is 1.91 bits per heavy atom. The van der Waals surface area contributed by atoms with Gasteiger partial charge in [-0.3, -0.25) is 9.65 Å². The van der Waals surface area contributed by atoms with Crippen molar-refractivity contribution in [2.24, 2.45) is 0 Å². The van der Waals surface area contributed by atoms with Crippen molar-refractivity contribution in [3.8, 4) is 0 Å². The zero-order chi connectivity index (χ0) is 23.5. The second kappa shape index (κ2) is 13.1. The van der Waals surface area contributed by atoms with Gasteiger partial charge >= 0.3 is 0 Å². The highest BCUT2D eigenvalue weighted by atomic mass is 32.2. The molecule has 0 saturated carbocycles. The van der Waals surface area contributed by atoms with Crippen LogP contribution in [-0.2, 0) is 16.5 Å². The van der Waals surface area contributed by atoms with E-state index in [-0.39, 0.29) is 4.90 Å². The van der Waals surface area contributed by atoms with E-state index in [0.717, 1.165) is 29.7 Å². The van der Waals surface area contributed by atoms with Gasteiger partial charge in [-0.15, -0.1) is 0 Å².